The van der Waals surface area contributed by atoms with E-state index in [2.05, 4.69) is 70.6 Å². The number of hydrogen-bond donors (Lipinski definition) is 0. The van der Waals surface area contributed by atoms with Crippen LogP contribution in [0.3, 0.4) is 0 Å². The highest BCUT2D eigenvalue weighted by molar-refractivity contribution is 6.15. The van der Waals surface area contributed by atoms with Crippen LogP contribution in [-0.2, 0) is 0 Å². The third-order valence-corrected chi connectivity index (χ3v) is 6.35. The number of benzene rings is 3. The summed E-state index contributed by atoms with van der Waals surface area (Å²) in [5.41, 5.74) is 8.96. The maximum absolute atomic E-state index is 5.01. The molecule has 4 heteroatoms. The van der Waals surface area contributed by atoms with Crippen LogP contribution in [0, 0.1) is 0 Å². The fraction of sp³-hybridized carbons (Fsp3) is 0. The Hall–Kier alpha value is -4.70. The Balaban J connectivity index is 1.44. The Morgan fingerprint density at radius 3 is 2.18 bits per heavy atom. The van der Waals surface area contributed by atoms with Gasteiger partial charge in [-0.3, -0.25) is 9.97 Å². The number of rotatable bonds is 2. The van der Waals surface area contributed by atoms with Crippen LogP contribution < -0.4 is 0 Å². The topological polar surface area (TPSA) is 51.6 Å². The van der Waals surface area contributed by atoms with Crippen molar-refractivity contribution < 1.29 is 0 Å². The maximum Gasteiger partial charge on any atom is 0.0978 e. The molecule has 0 saturated carbocycles. The summed E-state index contributed by atoms with van der Waals surface area (Å²) < 4.78 is 0. The average molecular weight is 435 g/mol. The Morgan fingerprint density at radius 2 is 1.24 bits per heavy atom. The fourth-order valence-corrected chi connectivity index (χ4v) is 4.73. The summed E-state index contributed by atoms with van der Waals surface area (Å²) in [6.07, 6.45) is 3.62. The van der Waals surface area contributed by atoms with Gasteiger partial charge < -0.3 is 0 Å². The van der Waals surface area contributed by atoms with Crippen LogP contribution >= 0.6 is 0 Å². The van der Waals surface area contributed by atoms with Crippen LogP contribution in [0.4, 0.5) is 0 Å². The molecule has 4 nitrogen and oxygen atoms in total. The van der Waals surface area contributed by atoms with E-state index in [9.17, 15) is 0 Å². The minimum absolute atomic E-state index is 0.898. The van der Waals surface area contributed by atoms with Crippen molar-refractivity contribution in [2.45, 2.75) is 0 Å². The molecule has 3 aromatic carbocycles. The molecule has 0 bridgehead atoms. The number of hydrogen-bond acceptors (Lipinski definition) is 4. The first-order chi connectivity index (χ1) is 16.8. The van der Waals surface area contributed by atoms with Crippen LogP contribution in [0.2, 0.25) is 0 Å². The van der Waals surface area contributed by atoms with Gasteiger partial charge in [0.15, 0.2) is 0 Å². The molecule has 0 aliphatic heterocycles. The number of aromatic nitrogens is 4. The van der Waals surface area contributed by atoms with Gasteiger partial charge in [-0.1, -0.05) is 60.7 Å². The van der Waals surface area contributed by atoms with Crippen molar-refractivity contribution in [3.63, 3.8) is 0 Å². The smallest absolute Gasteiger partial charge is 0.0978 e. The van der Waals surface area contributed by atoms with Gasteiger partial charge in [-0.15, -0.1) is 0 Å². The second-order valence-corrected chi connectivity index (χ2v) is 8.36. The molecule has 0 radical (unpaired) electrons. The van der Waals surface area contributed by atoms with Crippen molar-refractivity contribution in [2.24, 2.45) is 0 Å². The summed E-state index contributed by atoms with van der Waals surface area (Å²) in [4.78, 5) is 18.8. The van der Waals surface area contributed by atoms with Crippen LogP contribution in [0.25, 0.3) is 66.1 Å². The second-order valence-electron chi connectivity index (χ2n) is 8.36. The fourth-order valence-electron chi connectivity index (χ4n) is 4.73. The first kappa shape index (κ1) is 18.8. The van der Waals surface area contributed by atoms with Crippen molar-refractivity contribution >= 4 is 43.7 Å². The second kappa shape index (κ2) is 7.42. The molecule has 4 heterocycles. The number of nitrogens with zero attached hydrogens (tertiary/aromatic N) is 4. The zero-order valence-electron chi connectivity index (χ0n) is 18.2. The van der Waals surface area contributed by atoms with Gasteiger partial charge in [0.25, 0.3) is 0 Å². The van der Waals surface area contributed by atoms with Crippen molar-refractivity contribution in [3.8, 4) is 22.4 Å². The van der Waals surface area contributed by atoms with Crippen LogP contribution in [0.15, 0.2) is 109 Å². The predicted octanol–water partition coefficient (Wildman–Crippen LogP) is 7.21. The summed E-state index contributed by atoms with van der Waals surface area (Å²) in [6.45, 7) is 0. The van der Waals surface area contributed by atoms with Gasteiger partial charge in [0.05, 0.1) is 33.3 Å². The zero-order chi connectivity index (χ0) is 22.5. The molecule has 0 atom stereocenters. The van der Waals surface area contributed by atoms with E-state index < -0.39 is 0 Å². The first-order valence-corrected chi connectivity index (χ1v) is 11.2. The number of para-hydroxylation sites is 1. The summed E-state index contributed by atoms with van der Waals surface area (Å²) in [5.74, 6) is 0. The summed E-state index contributed by atoms with van der Waals surface area (Å²) in [7, 11) is 0. The van der Waals surface area contributed by atoms with E-state index >= 15 is 0 Å². The zero-order valence-corrected chi connectivity index (χ0v) is 18.2. The molecule has 0 saturated heterocycles. The highest BCUT2D eigenvalue weighted by Gasteiger charge is 2.14. The Kier molecular flexibility index (Phi) is 4.11. The summed E-state index contributed by atoms with van der Waals surface area (Å²) in [5, 5.41) is 3.33. The molecule has 158 valence electrons. The van der Waals surface area contributed by atoms with E-state index in [1.807, 2.05) is 42.6 Å². The highest BCUT2D eigenvalue weighted by atomic mass is 14.8. The van der Waals surface area contributed by atoms with Gasteiger partial charge >= 0.3 is 0 Å². The van der Waals surface area contributed by atoms with Gasteiger partial charge in [-0.05, 0) is 42.0 Å². The van der Waals surface area contributed by atoms with Gasteiger partial charge in [0.2, 0.25) is 0 Å². The van der Waals surface area contributed by atoms with Gasteiger partial charge in [0.1, 0.15) is 0 Å². The van der Waals surface area contributed by atoms with Crippen molar-refractivity contribution in [2.75, 3.05) is 0 Å². The minimum Gasteiger partial charge on any atom is -0.255 e. The number of pyridine rings is 4. The molecule has 0 spiro atoms. The SMILES string of the molecule is c1cnc2c(c1)ccc1c(-c3ccc(-c4ccc5ncccc5n4)cc3)c3ccccc3nc12. The molecule has 0 amide bonds. The van der Waals surface area contributed by atoms with Gasteiger partial charge in [-0.25, -0.2) is 9.97 Å². The van der Waals surface area contributed by atoms with Crippen molar-refractivity contribution in [1.82, 2.24) is 19.9 Å². The van der Waals surface area contributed by atoms with E-state index in [-0.39, 0.29) is 0 Å². The van der Waals surface area contributed by atoms with E-state index in [0.29, 0.717) is 0 Å². The largest absolute Gasteiger partial charge is 0.255 e. The quantitative estimate of drug-likeness (QED) is 0.213. The lowest BCUT2D eigenvalue weighted by atomic mass is 9.94. The van der Waals surface area contributed by atoms with Crippen molar-refractivity contribution in [3.05, 3.63) is 109 Å². The first-order valence-electron chi connectivity index (χ1n) is 11.2. The van der Waals surface area contributed by atoms with Gasteiger partial charge in [-0.2, -0.15) is 0 Å². The maximum atomic E-state index is 5.01. The minimum atomic E-state index is 0.898. The summed E-state index contributed by atoms with van der Waals surface area (Å²) in [6, 6.07) is 33.3. The average Bonchev–Trinajstić information content (AvgIpc) is 2.91. The van der Waals surface area contributed by atoms with Crippen LogP contribution in [0.5, 0.6) is 0 Å². The molecular weight excluding hydrogens is 416 g/mol. The molecule has 7 aromatic rings. The Bertz CT molecular complexity index is 1860. The summed E-state index contributed by atoms with van der Waals surface area (Å²) >= 11 is 0. The molecule has 0 aliphatic carbocycles. The molecule has 34 heavy (non-hydrogen) atoms. The highest BCUT2D eigenvalue weighted by Crippen LogP contribution is 2.37. The molecule has 4 aromatic heterocycles. The Labute approximate surface area is 195 Å². The molecule has 0 N–H and O–H groups in total. The lowest BCUT2D eigenvalue weighted by Gasteiger charge is -2.13. The van der Waals surface area contributed by atoms with E-state index in [4.69, 9.17) is 9.97 Å². The lowest BCUT2D eigenvalue weighted by molar-refractivity contribution is 1.33. The molecule has 0 unspecified atom stereocenters. The van der Waals surface area contributed by atoms with Crippen LogP contribution in [0.1, 0.15) is 0 Å². The predicted molar refractivity (Wildman–Crippen MR) is 139 cm³/mol. The van der Waals surface area contributed by atoms with Crippen LogP contribution in [-0.4, -0.2) is 19.9 Å². The number of fused-ring (bicyclic) bond motifs is 5. The third-order valence-electron chi connectivity index (χ3n) is 6.35. The standard InChI is InChI=1S/C30H18N4/c1-2-7-25-22(6-1)28(23-14-13-21-5-3-18-32-29(21)30(23)34-25)20-11-9-19(10-12-20)24-15-16-26-27(33-24)8-4-17-31-26/h1-18H. The molecule has 7 rings (SSSR count). The monoisotopic (exact) mass is 434 g/mol. The van der Waals surface area contributed by atoms with Gasteiger partial charge in [0, 0.05) is 39.7 Å². The molecule has 0 fully saturated rings. The third kappa shape index (κ3) is 2.93. The lowest BCUT2D eigenvalue weighted by Crippen LogP contribution is -1.92. The molecule has 0 aliphatic rings. The molecular formula is C30H18N4. The Morgan fingerprint density at radius 1 is 0.441 bits per heavy atom. The van der Waals surface area contributed by atoms with E-state index in [1.165, 1.54) is 5.56 Å². The van der Waals surface area contributed by atoms with Crippen molar-refractivity contribution in [1.29, 1.82) is 0 Å². The van der Waals surface area contributed by atoms with E-state index in [1.54, 1.807) is 6.20 Å². The normalized spacial score (nSPS) is 11.5. The van der Waals surface area contributed by atoms with E-state index in [0.717, 1.165) is 60.6 Å².